The molecule has 1 unspecified atom stereocenters. The fraction of sp³-hybridized carbons (Fsp3) is 0.333. The number of hydrogen-bond acceptors (Lipinski definition) is 1. The van der Waals surface area contributed by atoms with Gasteiger partial charge in [-0.15, -0.1) is 0 Å². The van der Waals surface area contributed by atoms with Crippen LogP contribution in [0, 0.1) is 0 Å². The summed E-state index contributed by atoms with van der Waals surface area (Å²) in [5.74, 6) is 0. The fourth-order valence-corrected chi connectivity index (χ4v) is 5.12. The van der Waals surface area contributed by atoms with Crippen LogP contribution in [0.3, 0.4) is 0 Å². The van der Waals surface area contributed by atoms with Crippen molar-refractivity contribution in [3.05, 3.63) is 71.8 Å². The van der Waals surface area contributed by atoms with Crippen molar-refractivity contribution in [1.82, 2.24) is 5.09 Å². The van der Waals surface area contributed by atoms with Crippen LogP contribution in [-0.4, -0.2) is 10.6 Å². The van der Waals surface area contributed by atoms with E-state index < -0.39 is 7.52 Å². The summed E-state index contributed by atoms with van der Waals surface area (Å²) in [5.41, 5.74) is 1.92. The van der Waals surface area contributed by atoms with Gasteiger partial charge in [0.05, 0.1) is 6.04 Å². The molecule has 2 aromatic carbocycles. The Balaban J connectivity index is 1.91. The van der Waals surface area contributed by atoms with Crippen LogP contribution in [0.1, 0.15) is 42.9 Å². The van der Waals surface area contributed by atoms with E-state index in [0.717, 1.165) is 36.8 Å². The largest absolute Gasteiger partial charge is 0.333 e. The van der Waals surface area contributed by atoms with Gasteiger partial charge in [0, 0.05) is 5.66 Å². The Bertz CT molecular complexity index is 599. The molecular weight excluding hydrogens is 293 g/mol. The Labute approximate surface area is 131 Å². The van der Waals surface area contributed by atoms with Gasteiger partial charge >= 0.3 is 0 Å². The molecule has 0 aliphatic heterocycles. The quantitative estimate of drug-likeness (QED) is 0.799. The third kappa shape index (κ3) is 3.49. The third-order valence-corrected chi connectivity index (χ3v) is 6.53. The van der Waals surface area contributed by atoms with E-state index in [4.69, 9.17) is 0 Å². The second kappa shape index (κ2) is 6.78. The van der Waals surface area contributed by atoms with Crippen molar-refractivity contribution in [1.29, 1.82) is 0 Å². The van der Waals surface area contributed by atoms with Crippen LogP contribution in [0.2, 0.25) is 0 Å². The van der Waals surface area contributed by atoms with Crippen LogP contribution in [0.5, 0.6) is 0 Å². The van der Waals surface area contributed by atoms with E-state index in [2.05, 4.69) is 5.09 Å². The van der Waals surface area contributed by atoms with Crippen LogP contribution in [0.4, 0.5) is 0 Å². The summed E-state index contributed by atoms with van der Waals surface area (Å²) in [6.45, 7) is 0. The average molecular weight is 315 g/mol. The number of rotatable bonds is 5. The monoisotopic (exact) mass is 315 g/mol. The van der Waals surface area contributed by atoms with Gasteiger partial charge in [-0.05, 0) is 24.0 Å². The predicted molar refractivity (Wildman–Crippen MR) is 89.9 cm³/mol. The van der Waals surface area contributed by atoms with E-state index in [9.17, 15) is 9.46 Å². The smallest absolute Gasteiger partial charge is 0.271 e. The molecule has 0 amide bonds. The molecule has 2 aromatic rings. The normalized spacial score (nSPS) is 18.5. The molecule has 3 rings (SSSR count). The first kappa shape index (κ1) is 15.5. The highest BCUT2D eigenvalue weighted by molar-refractivity contribution is 7.56. The number of nitrogens with one attached hydrogen (secondary N) is 1. The molecule has 22 heavy (non-hydrogen) atoms. The zero-order valence-electron chi connectivity index (χ0n) is 12.6. The lowest BCUT2D eigenvalue weighted by Crippen LogP contribution is -2.24. The zero-order valence-corrected chi connectivity index (χ0v) is 13.5. The molecule has 3 nitrogen and oxygen atoms in total. The number of hydrogen-bond donors (Lipinski definition) is 2. The van der Waals surface area contributed by atoms with E-state index in [1.54, 1.807) is 0 Å². The first-order valence-corrected chi connectivity index (χ1v) is 9.60. The summed E-state index contributed by atoms with van der Waals surface area (Å²) in [7, 11) is -3.38. The molecule has 1 aliphatic carbocycles. The highest BCUT2D eigenvalue weighted by Gasteiger charge is 2.35. The minimum absolute atomic E-state index is 0.109. The van der Waals surface area contributed by atoms with Gasteiger partial charge in [-0.3, -0.25) is 4.57 Å². The second-order valence-corrected chi connectivity index (χ2v) is 8.18. The Morgan fingerprint density at radius 3 is 1.82 bits per heavy atom. The summed E-state index contributed by atoms with van der Waals surface area (Å²) in [4.78, 5) is 10.6. The molecule has 1 fully saturated rings. The molecule has 116 valence electrons. The molecule has 0 saturated heterocycles. The molecule has 0 aromatic heterocycles. The van der Waals surface area contributed by atoms with E-state index in [1.807, 2.05) is 60.7 Å². The van der Waals surface area contributed by atoms with Crippen LogP contribution < -0.4 is 5.09 Å². The van der Waals surface area contributed by atoms with Gasteiger partial charge in [-0.1, -0.05) is 73.5 Å². The van der Waals surface area contributed by atoms with Crippen molar-refractivity contribution in [2.75, 3.05) is 0 Å². The lowest BCUT2D eigenvalue weighted by atomic mass is 10.00. The van der Waals surface area contributed by atoms with Gasteiger partial charge in [-0.25, -0.2) is 5.09 Å². The van der Waals surface area contributed by atoms with Crippen molar-refractivity contribution < 1.29 is 9.46 Å². The van der Waals surface area contributed by atoms with Crippen molar-refractivity contribution in [2.24, 2.45) is 0 Å². The molecule has 1 aliphatic rings. The van der Waals surface area contributed by atoms with Gasteiger partial charge in [0.25, 0.3) is 7.52 Å². The maximum Gasteiger partial charge on any atom is 0.271 e. The van der Waals surface area contributed by atoms with Gasteiger partial charge < -0.3 is 4.89 Å². The van der Waals surface area contributed by atoms with Gasteiger partial charge in [0.2, 0.25) is 0 Å². The minimum atomic E-state index is -3.38. The van der Waals surface area contributed by atoms with E-state index >= 15 is 0 Å². The molecule has 1 saturated carbocycles. The van der Waals surface area contributed by atoms with Crippen LogP contribution in [0.15, 0.2) is 60.7 Å². The van der Waals surface area contributed by atoms with Gasteiger partial charge in [-0.2, -0.15) is 0 Å². The standard InChI is InChI=1S/C18H22NO2P/c20-22(21,17-13-7-8-14-17)19-18(15-9-3-1-4-10-15)16-11-5-2-6-12-16/h1-6,9-12,17-18H,7-8,13-14H2,(H2,19,20,21). The molecule has 0 radical (unpaired) electrons. The number of benzene rings is 2. The van der Waals surface area contributed by atoms with Gasteiger partial charge in [0.15, 0.2) is 0 Å². The van der Waals surface area contributed by atoms with Crippen molar-refractivity contribution >= 4 is 7.52 Å². The van der Waals surface area contributed by atoms with E-state index in [-0.39, 0.29) is 11.7 Å². The lowest BCUT2D eigenvalue weighted by molar-refractivity contribution is 0.440. The van der Waals surface area contributed by atoms with Crippen molar-refractivity contribution in [3.63, 3.8) is 0 Å². The van der Waals surface area contributed by atoms with Crippen molar-refractivity contribution in [2.45, 2.75) is 37.4 Å². The lowest BCUT2D eigenvalue weighted by Gasteiger charge is -2.26. The zero-order chi connectivity index (χ0) is 15.4. The Hall–Kier alpha value is -1.41. The average Bonchev–Trinajstić information content (AvgIpc) is 3.10. The molecule has 0 heterocycles. The SMILES string of the molecule is O=P(O)(NC(c1ccccc1)c1ccccc1)C1CCCC1. The molecular formula is C18H22NO2P. The van der Waals surface area contributed by atoms with Gasteiger partial charge in [0.1, 0.15) is 0 Å². The summed E-state index contributed by atoms with van der Waals surface area (Å²) < 4.78 is 12.8. The fourth-order valence-electron chi connectivity index (χ4n) is 3.18. The van der Waals surface area contributed by atoms with E-state index in [0.29, 0.717) is 0 Å². The second-order valence-electron chi connectivity index (χ2n) is 5.94. The third-order valence-electron chi connectivity index (χ3n) is 4.40. The summed E-state index contributed by atoms with van der Waals surface area (Å²) in [6, 6.07) is 19.5. The summed E-state index contributed by atoms with van der Waals surface area (Å²) >= 11 is 0. The first-order valence-electron chi connectivity index (χ1n) is 7.87. The Morgan fingerprint density at radius 2 is 1.36 bits per heavy atom. The molecule has 2 N–H and O–H groups in total. The van der Waals surface area contributed by atoms with Crippen LogP contribution >= 0.6 is 7.52 Å². The van der Waals surface area contributed by atoms with Crippen LogP contribution in [0.25, 0.3) is 0 Å². The molecule has 0 spiro atoms. The predicted octanol–water partition coefficient (Wildman–Crippen LogP) is 4.49. The molecule has 4 heteroatoms. The van der Waals surface area contributed by atoms with Crippen molar-refractivity contribution in [3.8, 4) is 0 Å². The maximum atomic E-state index is 12.8. The minimum Gasteiger partial charge on any atom is -0.333 e. The Morgan fingerprint density at radius 1 is 0.909 bits per heavy atom. The van der Waals surface area contributed by atoms with E-state index in [1.165, 1.54) is 0 Å². The Kier molecular flexibility index (Phi) is 4.77. The first-order chi connectivity index (χ1) is 10.7. The highest BCUT2D eigenvalue weighted by atomic mass is 31.2. The molecule has 1 atom stereocenters. The molecule has 0 bridgehead atoms. The van der Waals surface area contributed by atoms with Crippen LogP contribution in [-0.2, 0) is 4.57 Å². The topological polar surface area (TPSA) is 49.3 Å². The summed E-state index contributed by atoms with van der Waals surface area (Å²) in [5, 5.41) is 3.08. The summed E-state index contributed by atoms with van der Waals surface area (Å²) in [6.07, 6.45) is 3.80. The maximum absolute atomic E-state index is 12.8. The highest BCUT2D eigenvalue weighted by Crippen LogP contribution is 2.51.